The molecule has 0 saturated heterocycles. The van der Waals surface area contributed by atoms with Gasteiger partial charge < -0.3 is 5.32 Å². The Bertz CT molecular complexity index is 1070. The zero-order valence-corrected chi connectivity index (χ0v) is 17.0. The number of aryl methyl sites for hydroxylation is 3. The molecule has 27 heavy (non-hydrogen) atoms. The summed E-state index contributed by atoms with van der Waals surface area (Å²) in [7, 11) is 0. The lowest BCUT2D eigenvalue weighted by atomic mass is 10.0. The summed E-state index contributed by atoms with van der Waals surface area (Å²) in [4.78, 5) is 24.6. The van der Waals surface area contributed by atoms with Gasteiger partial charge in [-0.2, -0.15) is 5.10 Å². The highest BCUT2D eigenvalue weighted by Crippen LogP contribution is 2.22. The van der Waals surface area contributed by atoms with Crippen molar-refractivity contribution >= 4 is 27.5 Å². The Kier molecular flexibility index (Phi) is 5.56. The molecule has 138 valence electrons. The summed E-state index contributed by atoms with van der Waals surface area (Å²) in [5.41, 5.74) is 5.12. The van der Waals surface area contributed by atoms with Crippen LogP contribution in [0.15, 0.2) is 57.8 Å². The maximum absolute atomic E-state index is 12.4. The van der Waals surface area contributed by atoms with Gasteiger partial charge in [-0.05, 0) is 62.2 Å². The Morgan fingerprint density at radius 1 is 1.04 bits per heavy atom. The zero-order valence-electron chi connectivity index (χ0n) is 15.4. The maximum atomic E-state index is 12.4. The van der Waals surface area contributed by atoms with Gasteiger partial charge in [0, 0.05) is 21.8 Å². The van der Waals surface area contributed by atoms with Gasteiger partial charge in [0.25, 0.3) is 5.56 Å². The molecule has 5 nitrogen and oxygen atoms in total. The fraction of sp³-hybridized carbons (Fsp3) is 0.190. The number of nitrogens with one attached hydrogen (secondary N) is 1. The first-order chi connectivity index (χ1) is 12.8. The molecule has 0 radical (unpaired) electrons. The molecular formula is C21H20BrN3O2. The third kappa shape index (κ3) is 4.52. The summed E-state index contributed by atoms with van der Waals surface area (Å²) in [6.07, 6.45) is 0. The monoisotopic (exact) mass is 425 g/mol. The number of amides is 1. The van der Waals surface area contributed by atoms with Crippen molar-refractivity contribution in [1.82, 2.24) is 9.78 Å². The SMILES string of the molecule is Cc1ccc(C)c(-c2ccc(=O)n(CC(=O)Nc3ccc(Br)cc3C)n2)c1. The first kappa shape index (κ1) is 19.0. The number of carbonyl (C=O) groups is 1. The topological polar surface area (TPSA) is 64.0 Å². The Labute approximate surface area is 166 Å². The molecule has 0 unspecified atom stereocenters. The van der Waals surface area contributed by atoms with Crippen molar-refractivity contribution in [2.45, 2.75) is 27.3 Å². The number of nitrogens with zero attached hydrogens (tertiary/aromatic N) is 2. The van der Waals surface area contributed by atoms with E-state index in [4.69, 9.17) is 0 Å². The molecule has 0 saturated carbocycles. The van der Waals surface area contributed by atoms with E-state index in [9.17, 15) is 9.59 Å². The molecule has 1 heterocycles. The molecule has 2 aromatic carbocycles. The molecule has 0 spiro atoms. The Hall–Kier alpha value is -2.73. The summed E-state index contributed by atoms with van der Waals surface area (Å²) in [6, 6.07) is 14.8. The van der Waals surface area contributed by atoms with Crippen LogP contribution in [-0.2, 0) is 11.3 Å². The Balaban J connectivity index is 1.85. The summed E-state index contributed by atoms with van der Waals surface area (Å²) in [5.74, 6) is -0.298. The summed E-state index contributed by atoms with van der Waals surface area (Å²) in [6.45, 7) is 5.76. The van der Waals surface area contributed by atoms with E-state index >= 15 is 0 Å². The minimum Gasteiger partial charge on any atom is -0.324 e. The highest BCUT2D eigenvalue weighted by atomic mass is 79.9. The van der Waals surface area contributed by atoms with Crippen LogP contribution < -0.4 is 10.9 Å². The van der Waals surface area contributed by atoms with Gasteiger partial charge >= 0.3 is 0 Å². The van der Waals surface area contributed by atoms with E-state index in [1.807, 2.05) is 57.2 Å². The lowest BCUT2D eigenvalue weighted by molar-refractivity contribution is -0.117. The molecule has 0 fully saturated rings. The number of hydrogen-bond acceptors (Lipinski definition) is 3. The molecular weight excluding hydrogens is 406 g/mol. The molecule has 3 rings (SSSR count). The average Bonchev–Trinajstić information content (AvgIpc) is 2.61. The number of rotatable bonds is 4. The van der Waals surface area contributed by atoms with E-state index < -0.39 is 0 Å². The van der Waals surface area contributed by atoms with E-state index in [-0.39, 0.29) is 18.0 Å². The molecule has 0 bridgehead atoms. The molecule has 1 N–H and O–H groups in total. The number of carbonyl (C=O) groups excluding carboxylic acids is 1. The molecule has 0 aliphatic heterocycles. The summed E-state index contributed by atoms with van der Waals surface area (Å²) >= 11 is 3.40. The third-order valence-corrected chi connectivity index (χ3v) is 4.78. The minimum absolute atomic E-state index is 0.146. The molecule has 6 heteroatoms. The van der Waals surface area contributed by atoms with E-state index in [2.05, 4.69) is 26.3 Å². The number of aromatic nitrogens is 2. The number of benzene rings is 2. The second kappa shape index (κ2) is 7.88. The minimum atomic E-state index is -0.313. The van der Waals surface area contributed by atoms with Crippen LogP contribution in [0.4, 0.5) is 5.69 Å². The van der Waals surface area contributed by atoms with Crippen LogP contribution in [0.3, 0.4) is 0 Å². The highest BCUT2D eigenvalue weighted by Gasteiger charge is 2.11. The van der Waals surface area contributed by atoms with Crippen molar-refractivity contribution in [1.29, 1.82) is 0 Å². The third-order valence-electron chi connectivity index (χ3n) is 4.29. The first-order valence-electron chi connectivity index (χ1n) is 8.55. The van der Waals surface area contributed by atoms with Crippen LogP contribution >= 0.6 is 15.9 Å². The van der Waals surface area contributed by atoms with Crippen molar-refractivity contribution in [3.8, 4) is 11.3 Å². The van der Waals surface area contributed by atoms with Gasteiger partial charge in [0.15, 0.2) is 0 Å². The highest BCUT2D eigenvalue weighted by molar-refractivity contribution is 9.10. The van der Waals surface area contributed by atoms with Crippen molar-refractivity contribution < 1.29 is 4.79 Å². The van der Waals surface area contributed by atoms with Crippen LogP contribution in [0.1, 0.15) is 16.7 Å². The second-order valence-corrected chi connectivity index (χ2v) is 7.46. The molecule has 0 atom stereocenters. The van der Waals surface area contributed by atoms with Crippen molar-refractivity contribution in [3.05, 3.63) is 80.0 Å². The van der Waals surface area contributed by atoms with Gasteiger partial charge in [-0.3, -0.25) is 9.59 Å². The van der Waals surface area contributed by atoms with Crippen LogP contribution in [0.25, 0.3) is 11.3 Å². The molecule has 0 aliphatic rings. The van der Waals surface area contributed by atoms with Crippen LogP contribution in [0.5, 0.6) is 0 Å². The fourth-order valence-electron chi connectivity index (χ4n) is 2.81. The molecule has 0 aliphatic carbocycles. The number of halogens is 1. The van der Waals surface area contributed by atoms with Crippen LogP contribution in [0, 0.1) is 20.8 Å². The number of hydrogen-bond donors (Lipinski definition) is 1. The van der Waals surface area contributed by atoms with E-state index in [0.29, 0.717) is 11.4 Å². The van der Waals surface area contributed by atoms with E-state index in [0.717, 1.165) is 26.7 Å². The molecule has 1 amide bonds. The predicted molar refractivity (Wildman–Crippen MR) is 111 cm³/mol. The summed E-state index contributed by atoms with van der Waals surface area (Å²) in [5, 5.41) is 7.23. The van der Waals surface area contributed by atoms with E-state index in [1.54, 1.807) is 6.07 Å². The standard InChI is InChI=1S/C21H20BrN3O2/c1-13-4-5-14(2)17(10-13)19-8-9-21(27)25(24-19)12-20(26)23-18-7-6-16(22)11-15(18)3/h4-11H,12H2,1-3H3,(H,23,26). The van der Waals surface area contributed by atoms with Gasteiger partial charge in [0.05, 0.1) is 5.69 Å². The Morgan fingerprint density at radius 2 is 1.81 bits per heavy atom. The van der Waals surface area contributed by atoms with Gasteiger partial charge in [-0.25, -0.2) is 4.68 Å². The first-order valence-corrected chi connectivity index (χ1v) is 9.34. The van der Waals surface area contributed by atoms with Gasteiger partial charge in [0.1, 0.15) is 6.54 Å². The van der Waals surface area contributed by atoms with Crippen LogP contribution in [-0.4, -0.2) is 15.7 Å². The fourth-order valence-corrected chi connectivity index (χ4v) is 3.29. The van der Waals surface area contributed by atoms with Gasteiger partial charge in [0.2, 0.25) is 5.91 Å². The van der Waals surface area contributed by atoms with Crippen LogP contribution in [0.2, 0.25) is 0 Å². The van der Waals surface area contributed by atoms with E-state index in [1.165, 1.54) is 10.7 Å². The molecule has 1 aromatic heterocycles. The molecule has 3 aromatic rings. The van der Waals surface area contributed by atoms with Gasteiger partial charge in [-0.1, -0.05) is 33.6 Å². The largest absolute Gasteiger partial charge is 0.324 e. The smallest absolute Gasteiger partial charge is 0.267 e. The quantitative estimate of drug-likeness (QED) is 0.679. The number of anilines is 1. The van der Waals surface area contributed by atoms with Crippen molar-refractivity contribution in [2.75, 3.05) is 5.32 Å². The summed E-state index contributed by atoms with van der Waals surface area (Å²) < 4.78 is 2.14. The normalized spacial score (nSPS) is 10.7. The van der Waals surface area contributed by atoms with Crippen molar-refractivity contribution in [2.24, 2.45) is 0 Å². The lowest BCUT2D eigenvalue weighted by Gasteiger charge is -2.11. The van der Waals surface area contributed by atoms with Crippen molar-refractivity contribution in [3.63, 3.8) is 0 Å². The second-order valence-electron chi connectivity index (χ2n) is 6.54. The predicted octanol–water partition coefficient (Wildman–Crippen LogP) is 4.24. The maximum Gasteiger partial charge on any atom is 0.267 e. The Morgan fingerprint density at radius 3 is 2.56 bits per heavy atom. The van der Waals surface area contributed by atoms with Gasteiger partial charge in [-0.15, -0.1) is 0 Å². The average molecular weight is 426 g/mol. The zero-order chi connectivity index (χ0) is 19.6. The lowest BCUT2D eigenvalue weighted by Crippen LogP contribution is -2.29.